The lowest BCUT2D eigenvalue weighted by Crippen LogP contribution is -2.18. The van der Waals surface area contributed by atoms with Gasteiger partial charge in [-0.25, -0.2) is 4.98 Å². The van der Waals surface area contributed by atoms with Crippen LogP contribution in [0.4, 0.5) is 5.69 Å². The zero-order chi connectivity index (χ0) is 15.6. The number of nitrogens with two attached hydrogens (primary N) is 1. The maximum absolute atomic E-state index is 5.87. The highest BCUT2D eigenvalue weighted by Crippen LogP contribution is 2.37. The van der Waals surface area contributed by atoms with E-state index >= 15 is 0 Å². The smallest absolute Gasteiger partial charge is 0.121 e. The summed E-state index contributed by atoms with van der Waals surface area (Å²) in [5.41, 5.74) is 8.80. The van der Waals surface area contributed by atoms with Crippen molar-refractivity contribution in [2.75, 3.05) is 12.3 Å². The van der Waals surface area contributed by atoms with Crippen molar-refractivity contribution in [2.45, 2.75) is 31.7 Å². The van der Waals surface area contributed by atoms with Gasteiger partial charge in [-0.3, -0.25) is 0 Å². The number of hydrogen-bond donors (Lipinski definition) is 1. The Balaban J connectivity index is 1.55. The Morgan fingerprint density at radius 3 is 2.78 bits per heavy atom. The predicted molar refractivity (Wildman–Crippen MR) is 92.7 cm³/mol. The Kier molecular flexibility index (Phi) is 3.66. The van der Waals surface area contributed by atoms with Crippen LogP contribution in [0.15, 0.2) is 48.5 Å². The van der Waals surface area contributed by atoms with E-state index in [-0.39, 0.29) is 0 Å². The van der Waals surface area contributed by atoms with Crippen LogP contribution in [-0.2, 0) is 6.54 Å². The fraction of sp³-hybridized carbons (Fsp3) is 0.316. The van der Waals surface area contributed by atoms with Crippen LogP contribution in [-0.4, -0.2) is 16.2 Å². The fourth-order valence-corrected chi connectivity index (χ4v) is 3.17. The first-order chi connectivity index (χ1) is 11.3. The predicted octanol–water partition coefficient (Wildman–Crippen LogP) is 3.97. The lowest BCUT2D eigenvalue weighted by atomic mass is 9.85. The normalized spacial score (nSPS) is 14.8. The number of aromatic nitrogens is 2. The van der Waals surface area contributed by atoms with Crippen molar-refractivity contribution in [1.29, 1.82) is 0 Å². The van der Waals surface area contributed by atoms with E-state index in [0.717, 1.165) is 23.5 Å². The molecule has 2 N–H and O–H groups in total. The molecule has 0 bridgehead atoms. The number of rotatable bonds is 5. The molecule has 0 radical (unpaired) electrons. The zero-order valence-corrected chi connectivity index (χ0v) is 13.1. The van der Waals surface area contributed by atoms with Crippen LogP contribution < -0.4 is 10.5 Å². The molecule has 0 spiro atoms. The van der Waals surface area contributed by atoms with Crippen molar-refractivity contribution in [1.82, 2.24) is 9.55 Å². The van der Waals surface area contributed by atoms with Crippen molar-refractivity contribution >= 4 is 16.7 Å². The first kappa shape index (κ1) is 14.1. The third-order valence-corrected chi connectivity index (χ3v) is 4.60. The third-order valence-electron chi connectivity index (χ3n) is 4.60. The highest BCUT2D eigenvalue weighted by atomic mass is 16.5. The van der Waals surface area contributed by atoms with E-state index in [1.54, 1.807) is 0 Å². The molecule has 1 aliphatic rings. The molecule has 1 aromatic heterocycles. The van der Waals surface area contributed by atoms with Gasteiger partial charge in [-0.2, -0.15) is 0 Å². The van der Waals surface area contributed by atoms with Crippen LogP contribution >= 0.6 is 0 Å². The van der Waals surface area contributed by atoms with Gasteiger partial charge in [-0.15, -0.1) is 0 Å². The van der Waals surface area contributed by atoms with Gasteiger partial charge in [0.1, 0.15) is 18.2 Å². The number of imidazole rings is 1. The van der Waals surface area contributed by atoms with E-state index in [0.29, 0.717) is 12.5 Å². The molecule has 1 heterocycles. The lowest BCUT2D eigenvalue weighted by molar-refractivity contribution is 0.292. The molecule has 1 saturated carbocycles. The zero-order valence-electron chi connectivity index (χ0n) is 13.1. The number of nitrogen functional groups attached to an aromatic ring is 1. The minimum absolute atomic E-state index is 0.606. The molecule has 4 nitrogen and oxygen atoms in total. The Bertz CT molecular complexity index is 820. The monoisotopic (exact) mass is 307 g/mol. The summed E-state index contributed by atoms with van der Waals surface area (Å²) in [5.74, 6) is 2.64. The molecule has 4 rings (SSSR count). The number of para-hydroxylation sites is 2. The summed E-state index contributed by atoms with van der Waals surface area (Å²) in [6.07, 6.45) is 3.81. The van der Waals surface area contributed by atoms with E-state index in [1.165, 1.54) is 30.6 Å². The van der Waals surface area contributed by atoms with E-state index in [9.17, 15) is 0 Å². The molecule has 1 aliphatic carbocycles. The van der Waals surface area contributed by atoms with Gasteiger partial charge in [-0.1, -0.05) is 24.6 Å². The summed E-state index contributed by atoms with van der Waals surface area (Å²) in [6, 6.07) is 15.9. The molecule has 23 heavy (non-hydrogen) atoms. The fourth-order valence-electron chi connectivity index (χ4n) is 3.17. The maximum atomic E-state index is 5.87. The average Bonchev–Trinajstić information content (AvgIpc) is 2.84. The molecular formula is C19H21N3O. The topological polar surface area (TPSA) is 53.1 Å². The Morgan fingerprint density at radius 2 is 2.00 bits per heavy atom. The third kappa shape index (κ3) is 2.77. The summed E-state index contributed by atoms with van der Waals surface area (Å²) < 4.78 is 8.19. The molecule has 4 heteroatoms. The van der Waals surface area contributed by atoms with Crippen LogP contribution in [0.2, 0.25) is 0 Å². The van der Waals surface area contributed by atoms with Gasteiger partial charge in [-0.05, 0) is 37.1 Å². The van der Waals surface area contributed by atoms with Crippen molar-refractivity contribution in [3.8, 4) is 5.75 Å². The van der Waals surface area contributed by atoms with Crippen LogP contribution in [0.3, 0.4) is 0 Å². The molecule has 0 atom stereocenters. The Morgan fingerprint density at radius 1 is 1.13 bits per heavy atom. The Hall–Kier alpha value is -2.49. The quantitative estimate of drug-likeness (QED) is 0.726. The largest absolute Gasteiger partial charge is 0.492 e. The van der Waals surface area contributed by atoms with Crippen LogP contribution in [0.5, 0.6) is 5.75 Å². The summed E-state index contributed by atoms with van der Waals surface area (Å²) in [5, 5.41) is 0. The van der Waals surface area contributed by atoms with Gasteiger partial charge in [0, 0.05) is 17.7 Å². The minimum atomic E-state index is 0.606. The molecule has 1 fully saturated rings. The van der Waals surface area contributed by atoms with E-state index in [2.05, 4.69) is 22.8 Å². The van der Waals surface area contributed by atoms with Crippen molar-refractivity contribution < 1.29 is 4.74 Å². The van der Waals surface area contributed by atoms with Gasteiger partial charge in [0.15, 0.2) is 0 Å². The molecular weight excluding hydrogens is 286 g/mol. The number of ether oxygens (including phenoxy) is 1. The molecule has 0 saturated heterocycles. The van der Waals surface area contributed by atoms with Crippen LogP contribution in [0.1, 0.15) is 31.0 Å². The summed E-state index contributed by atoms with van der Waals surface area (Å²) in [4.78, 5) is 4.86. The maximum Gasteiger partial charge on any atom is 0.121 e. The first-order valence-electron chi connectivity index (χ1n) is 8.25. The van der Waals surface area contributed by atoms with Gasteiger partial charge in [0.05, 0.1) is 17.6 Å². The highest BCUT2D eigenvalue weighted by molar-refractivity contribution is 5.76. The second-order valence-electron chi connectivity index (χ2n) is 6.16. The van der Waals surface area contributed by atoms with Crippen LogP contribution in [0.25, 0.3) is 11.0 Å². The second kappa shape index (κ2) is 5.95. The molecule has 0 amide bonds. The second-order valence-corrected chi connectivity index (χ2v) is 6.16. The minimum Gasteiger partial charge on any atom is -0.492 e. The molecule has 3 aromatic rings. The van der Waals surface area contributed by atoms with Gasteiger partial charge in [0.2, 0.25) is 0 Å². The molecule has 0 aliphatic heterocycles. The van der Waals surface area contributed by atoms with E-state index in [4.69, 9.17) is 15.5 Å². The number of hydrogen-bond acceptors (Lipinski definition) is 3. The molecule has 0 unspecified atom stereocenters. The van der Waals surface area contributed by atoms with Crippen molar-refractivity contribution in [2.24, 2.45) is 0 Å². The Labute approximate surface area is 135 Å². The molecule has 2 aromatic carbocycles. The number of fused-ring (bicyclic) bond motifs is 1. The van der Waals surface area contributed by atoms with Gasteiger partial charge < -0.3 is 15.0 Å². The summed E-state index contributed by atoms with van der Waals surface area (Å²) >= 11 is 0. The number of anilines is 1. The first-order valence-corrected chi connectivity index (χ1v) is 8.25. The van der Waals surface area contributed by atoms with Gasteiger partial charge in [0.25, 0.3) is 0 Å². The standard InChI is InChI=1S/C19H21N3O/c20-15-7-4-8-16(13-15)23-12-11-22-18-10-2-1-9-17(18)21-19(22)14-5-3-6-14/h1-2,4,7-10,13-14H,3,5-6,11-12,20H2. The van der Waals surface area contributed by atoms with E-state index in [1.807, 2.05) is 30.3 Å². The number of nitrogens with zero attached hydrogens (tertiary/aromatic N) is 2. The van der Waals surface area contributed by atoms with E-state index < -0.39 is 0 Å². The SMILES string of the molecule is Nc1cccc(OCCn2c(C3CCC3)nc3ccccc32)c1. The highest BCUT2D eigenvalue weighted by Gasteiger charge is 2.25. The lowest BCUT2D eigenvalue weighted by Gasteiger charge is -2.25. The van der Waals surface area contributed by atoms with Crippen LogP contribution in [0, 0.1) is 0 Å². The number of benzene rings is 2. The summed E-state index contributed by atoms with van der Waals surface area (Å²) in [7, 11) is 0. The summed E-state index contributed by atoms with van der Waals surface area (Å²) in [6.45, 7) is 1.42. The van der Waals surface area contributed by atoms with Gasteiger partial charge >= 0.3 is 0 Å². The van der Waals surface area contributed by atoms with Crippen molar-refractivity contribution in [3.63, 3.8) is 0 Å². The molecule has 118 valence electrons. The average molecular weight is 307 g/mol. The van der Waals surface area contributed by atoms with Crippen molar-refractivity contribution in [3.05, 3.63) is 54.4 Å².